The topological polar surface area (TPSA) is 94.5 Å². The van der Waals surface area contributed by atoms with Gasteiger partial charge < -0.3 is 4.74 Å². The van der Waals surface area contributed by atoms with Crippen LogP contribution in [0.15, 0.2) is 46.1 Å². The number of benzene rings is 2. The number of ether oxygens (including phenoxy) is 1. The molecule has 0 unspecified atom stereocenters. The van der Waals surface area contributed by atoms with Gasteiger partial charge in [-0.15, -0.1) is 0 Å². The van der Waals surface area contributed by atoms with Gasteiger partial charge in [-0.2, -0.15) is 0 Å². The van der Waals surface area contributed by atoms with Crippen LogP contribution in [0.2, 0.25) is 0 Å². The number of rotatable bonds is 6. The number of esters is 1. The number of carbonyl (C=O) groups is 1. The molecule has 0 aliphatic carbocycles. The number of anilines is 1. The number of hydrogen-bond acceptors (Lipinski definition) is 6. The summed E-state index contributed by atoms with van der Waals surface area (Å²) in [7, 11) is -3.87. The van der Waals surface area contributed by atoms with Crippen molar-refractivity contribution < 1.29 is 17.9 Å². The molecule has 2 aromatic carbocycles. The van der Waals surface area contributed by atoms with Crippen molar-refractivity contribution in [2.75, 3.05) is 11.3 Å². The second-order valence-electron chi connectivity index (χ2n) is 6.82. The summed E-state index contributed by atoms with van der Waals surface area (Å²) in [6.45, 7) is 7.50. The van der Waals surface area contributed by atoms with E-state index >= 15 is 0 Å². The van der Waals surface area contributed by atoms with Crippen molar-refractivity contribution in [2.45, 2.75) is 38.6 Å². The van der Waals surface area contributed by atoms with E-state index in [2.05, 4.69) is 4.72 Å². The van der Waals surface area contributed by atoms with Crippen LogP contribution < -0.4 is 9.60 Å². The van der Waals surface area contributed by atoms with Crippen LogP contribution in [-0.4, -0.2) is 25.6 Å². The molecule has 0 saturated heterocycles. The maximum Gasteiger partial charge on any atom is 0.338 e. The lowest BCUT2D eigenvalue weighted by Gasteiger charge is -2.12. The van der Waals surface area contributed by atoms with Gasteiger partial charge in [0.05, 0.1) is 33.0 Å². The second-order valence-corrected chi connectivity index (χ2v) is 9.49. The van der Waals surface area contributed by atoms with Gasteiger partial charge in [0.15, 0.2) is 0 Å². The predicted octanol–water partition coefficient (Wildman–Crippen LogP) is 3.93. The lowest BCUT2D eigenvalue weighted by atomic mass is 10.1. The molecule has 7 nitrogen and oxygen atoms in total. The van der Waals surface area contributed by atoms with Gasteiger partial charge in [0.2, 0.25) is 0 Å². The molecule has 0 amide bonds. The van der Waals surface area contributed by atoms with E-state index < -0.39 is 16.0 Å². The molecule has 0 atom stereocenters. The van der Waals surface area contributed by atoms with E-state index in [-0.39, 0.29) is 22.4 Å². The molecule has 3 aromatic rings. The fourth-order valence-electron chi connectivity index (χ4n) is 3.00. The zero-order valence-corrected chi connectivity index (χ0v) is 18.2. The van der Waals surface area contributed by atoms with Crippen molar-refractivity contribution in [1.29, 1.82) is 0 Å². The Hall–Kier alpha value is -2.65. The standard InChI is InChI=1S/C20H22N2O5S2/c1-5-27-19(23)14-6-8-16(13(4)10-14)21-29(25,26)15-7-9-17-18(11-15)28-20(24)22(17)12(2)3/h6-12,21H,5H2,1-4H3. The summed E-state index contributed by atoms with van der Waals surface area (Å²) in [5, 5.41) is 0. The van der Waals surface area contributed by atoms with Crippen LogP contribution in [0.25, 0.3) is 10.2 Å². The Kier molecular flexibility index (Phi) is 5.81. The van der Waals surface area contributed by atoms with Gasteiger partial charge in [-0.25, -0.2) is 13.2 Å². The minimum Gasteiger partial charge on any atom is -0.462 e. The molecule has 1 N–H and O–H groups in total. The van der Waals surface area contributed by atoms with Gasteiger partial charge in [-0.3, -0.25) is 14.1 Å². The predicted molar refractivity (Wildman–Crippen MR) is 114 cm³/mol. The molecule has 29 heavy (non-hydrogen) atoms. The molecular formula is C20H22N2O5S2. The van der Waals surface area contributed by atoms with Crippen LogP contribution in [0.4, 0.5) is 5.69 Å². The largest absolute Gasteiger partial charge is 0.462 e. The summed E-state index contributed by atoms with van der Waals surface area (Å²) in [6.07, 6.45) is 0. The Balaban J connectivity index is 1.94. The van der Waals surface area contributed by atoms with E-state index in [0.29, 0.717) is 27.0 Å². The molecule has 0 radical (unpaired) electrons. The van der Waals surface area contributed by atoms with E-state index in [1.807, 2.05) is 13.8 Å². The highest BCUT2D eigenvalue weighted by atomic mass is 32.2. The van der Waals surface area contributed by atoms with Crippen LogP contribution in [0, 0.1) is 6.92 Å². The Morgan fingerprint density at radius 1 is 1.21 bits per heavy atom. The summed E-state index contributed by atoms with van der Waals surface area (Å²) in [6, 6.07) is 9.25. The lowest BCUT2D eigenvalue weighted by Crippen LogP contribution is -2.15. The molecule has 0 bridgehead atoms. The quantitative estimate of drug-likeness (QED) is 0.593. The number of nitrogens with one attached hydrogen (secondary N) is 1. The smallest absolute Gasteiger partial charge is 0.338 e. The molecule has 0 fully saturated rings. The van der Waals surface area contributed by atoms with Crippen molar-refractivity contribution in [2.24, 2.45) is 0 Å². The second kappa shape index (κ2) is 8.00. The number of thiazole rings is 1. The minimum atomic E-state index is -3.87. The average Bonchev–Trinajstić information content (AvgIpc) is 2.98. The number of carbonyl (C=O) groups excluding carboxylic acids is 1. The first-order valence-electron chi connectivity index (χ1n) is 9.09. The van der Waals surface area contributed by atoms with Gasteiger partial charge in [0.25, 0.3) is 10.0 Å². The van der Waals surface area contributed by atoms with E-state index in [0.717, 1.165) is 11.3 Å². The highest BCUT2D eigenvalue weighted by Crippen LogP contribution is 2.26. The maximum atomic E-state index is 12.9. The Morgan fingerprint density at radius 3 is 2.55 bits per heavy atom. The molecule has 9 heteroatoms. The fraction of sp³-hybridized carbons (Fsp3) is 0.300. The van der Waals surface area contributed by atoms with E-state index in [9.17, 15) is 18.0 Å². The molecule has 3 rings (SSSR count). The fourth-order valence-corrected chi connectivity index (χ4v) is 5.28. The van der Waals surface area contributed by atoms with Crippen LogP contribution >= 0.6 is 11.3 Å². The number of aromatic nitrogens is 1. The van der Waals surface area contributed by atoms with Crippen LogP contribution in [0.5, 0.6) is 0 Å². The molecule has 0 spiro atoms. The summed E-state index contributed by atoms with van der Waals surface area (Å²) < 4.78 is 35.5. The Morgan fingerprint density at radius 2 is 1.93 bits per heavy atom. The molecule has 1 heterocycles. The zero-order valence-electron chi connectivity index (χ0n) is 16.6. The van der Waals surface area contributed by atoms with E-state index in [1.54, 1.807) is 30.5 Å². The van der Waals surface area contributed by atoms with E-state index in [1.165, 1.54) is 24.3 Å². The first kappa shape index (κ1) is 21.1. The maximum absolute atomic E-state index is 12.9. The first-order chi connectivity index (χ1) is 13.6. The molecule has 1 aromatic heterocycles. The van der Waals surface area contributed by atoms with E-state index in [4.69, 9.17) is 4.74 Å². The average molecular weight is 435 g/mol. The number of fused-ring (bicyclic) bond motifs is 1. The van der Waals surface area contributed by atoms with Gasteiger partial charge in [0.1, 0.15) is 0 Å². The summed E-state index contributed by atoms with van der Waals surface area (Å²) in [5.41, 5.74) is 2.03. The van der Waals surface area contributed by atoms with Crippen molar-refractivity contribution in [3.63, 3.8) is 0 Å². The molecule has 0 aliphatic heterocycles. The van der Waals surface area contributed by atoms with Gasteiger partial charge >= 0.3 is 10.8 Å². The lowest BCUT2D eigenvalue weighted by molar-refractivity contribution is 0.0526. The molecule has 0 aliphatic rings. The summed E-state index contributed by atoms with van der Waals surface area (Å²) in [4.78, 5) is 24.0. The highest BCUT2D eigenvalue weighted by Gasteiger charge is 2.19. The van der Waals surface area contributed by atoms with Crippen molar-refractivity contribution in [3.05, 3.63) is 57.2 Å². The van der Waals surface area contributed by atoms with Crippen LogP contribution in [0.1, 0.15) is 42.7 Å². The molecule has 154 valence electrons. The third-order valence-corrected chi connectivity index (χ3v) is 6.67. The van der Waals surface area contributed by atoms with Crippen LogP contribution in [-0.2, 0) is 14.8 Å². The zero-order chi connectivity index (χ0) is 21.3. The third-order valence-electron chi connectivity index (χ3n) is 4.39. The van der Waals surface area contributed by atoms with Crippen molar-refractivity contribution in [1.82, 2.24) is 4.57 Å². The number of aryl methyl sites for hydroxylation is 1. The highest BCUT2D eigenvalue weighted by molar-refractivity contribution is 7.92. The number of nitrogens with zero attached hydrogens (tertiary/aromatic N) is 1. The summed E-state index contributed by atoms with van der Waals surface area (Å²) >= 11 is 1.02. The minimum absolute atomic E-state index is 0.0163. The van der Waals surface area contributed by atoms with Gasteiger partial charge in [0, 0.05) is 6.04 Å². The van der Waals surface area contributed by atoms with Crippen molar-refractivity contribution in [3.8, 4) is 0 Å². The Bertz CT molecular complexity index is 1240. The van der Waals surface area contributed by atoms with Gasteiger partial charge in [-0.1, -0.05) is 11.3 Å². The van der Waals surface area contributed by atoms with Crippen LogP contribution in [0.3, 0.4) is 0 Å². The number of hydrogen-bond donors (Lipinski definition) is 1. The monoisotopic (exact) mass is 434 g/mol. The normalized spacial score (nSPS) is 11.8. The Labute approximate surface area is 173 Å². The third kappa shape index (κ3) is 4.20. The molecule has 0 saturated carbocycles. The SMILES string of the molecule is CCOC(=O)c1ccc(NS(=O)(=O)c2ccc3c(c2)sc(=O)n3C(C)C)c(C)c1. The van der Waals surface area contributed by atoms with Gasteiger partial charge in [-0.05, 0) is 69.7 Å². The summed E-state index contributed by atoms with van der Waals surface area (Å²) in [5.74, 6) is -0.458. The number of sulfonamides is 1. The first-order valence-corrected chi connectivity index (χ1v) is 11.4. The van der Waals surface area contributed by atoms with Crippen molar-refractivity contribution >= 4 is 43.2 Å². The molecular weight excluding hydrogens is 412 g/mol.